The summed E-state index contributed by atoms with van der Waals surface area (Å²) in [5, 5.41) is 3.49. The van der Waals surface area contributed by atoms with Gasteiger partial charge in [0.2, 0.25) is 5.91 Å². The second-order valence-corrected chi connectivity index (χ2v) is 7.20. The molecule has 0 saturated carbocycles. The molecule has 1 unspecified atom stereocenters. The monoisotopic (exact) mass is 352 g/mol. The van der Waals surface area contributed by atoms with E-state index >= 15 is 0 Å². The lowest BCUT2D eigenvalue weighted by molar-refractivity contribution is -0.131. The summed E-state index contributed by atoms with van der Waals surface area (Å²) in [6.07, 6.45) is 2.90. The van der Waals surface area contributed by atoms with Crippen molar-refractivity contribution < 1.29 is 4.79 Å². The van der Waals surface area contributed by atoms with Crippen molar-refractivity contribution in [2.75, 3.05) is 19.6 Å². The second kappa shape index (κ2) is 7.95. The Labute approximate surface area is 136 Å². The van der Waals surface area contributed by atoms with Gasteiger partial charge in [-0.15, -0.1) is 0 Å². The molecular formula is C17H25BrN2O. The Hall–Kier alpha value is -0.870. The van der Waals surface area contributed by atoms with E-state index in [9.17, 15) is 4.79 Å². The SMILES string of the molecule is CC(C)CN(CC1CCCN1)C(=O)Cc1ccc(Br)cc1. The first kappa shape index (κ1) is 16.5. The third kappa shape index (κ3) is 5.44. The summed E-state index contributed by atoms with van der Waals surface area (Å²) < 4.78 is 1.05. The van der Waals surface area contributed by atoms with Crippen LogP contribution in [-0.2, 0) is 11.2 Å². The highest BCUT2D eigenvalue weighted by Crippen LogP contribution is 2.14. The summed E-state index contributed by atoms with van der Waals surface area (Å²) >= 11 is 3.43. The standard InChI is InChI=1S/C17H25BrN2O/c1-13(2)11-20(12-16-4-3-9-19-16)17(21)10-14-5-7-15(18)8-6-14/h5-8,13,16,19H,3-4,9-12H2,1-2H3. The average molecular weight is 353 g/mol. The second-order valence-electron chi connectivity index (χ2n) is 6.29. The lowest BCUT2D eigenvalue weighted by Gasteiger charge is -2.27. The van der Waals surface area contributed by atoms with Crippen molar-refractivity contribution in [3.05, 3.63) is 34.3 Å². The molecule has 1 N–H and O–H groups in total. The molecular weight excluding hydrogens is 328 g/mol. The van der Waals surface area contributed by atoms with Crippen molar-refractivity contribution in [1.29, 1.82) is 0 Å². The number of hydrogen-bond donors (Lipinski definition) is 1. The Kier molecular flexibility index (Phi) is 6.24. The highest BCUT2D eigenvalue weighted by Gasteiger charge is 2.22. The Morgan fingerprint density at radius 1 is 1.38 bits per heavy atom. The first-order chi connectivity index (χ1) is 10.0. The van der Waals surface area contributed by atoms with Gasteiger partial charge in [0, 0.05) is 23.6 Å². The molecule has 1 aromatic rings. The summed E-state index contributed by atoms with van der Waals surface area (Å²) in [4.78, 5) is 14.6. The van der Waals surface area contributed by atoms with Crippen LogP contribution >= 0.6 is 15.9 Å². The molecule has 4 heteroatoms. The largest absolute Gasteiger partial charge is 0.341 e. The molecule has 0 bridgehead atoms. The van der Waals surface area contributed by atoms with Crippen molar-refractivity contribution >= 4 is 21.8 Å². The third-order valence-electron chi connectivity index (χ3n) is 3.81. The zero-order valence-corrected chi connectivity index (χ0v) is 14.5. The molecule has 1 saturated heterocycles. The first-order valence-electron chi connectivity index (χ1n) is 7.80. The number of nitrogens with one attached hydrogen (secondary N) is 1. The van der Waals surface area contributed by atoms with Crippen molar-refractivity contribution in [2.45, 2.75) is 39.2 Å². The molecule has 1 fully saturated rings. The maximum atomic E-state index is 12.6. The summed E-state index contributed by atoms with van der Waals surface area (Å²) in [7, 11) is 0. The topological polar surface area (TPSA) is 32.3 Å². The highest BCUT2D eigenvalue weighted by molar-refractivity contribution is 9.10. The van der Waals surface area contributed by atoms with Crippen LogP contribution < -0.4 is 5.32 Å². The van der Waals surface area contributed by atoms with E-state index in [0.717, 1.165) is 29.7 Å². The number of amides is 1. The van der Waals surface area contributed by atoms with Gasteiger partial charge in [-0.3, -0.25) is 4.79 Å². The molecule has 1 aromatic carbocycles. The fraction of sp³-hybridized carbons (Fsp3) is 0.588. The van der Waals surface area contributed by atoms with E-state index in [-0.39, 0.29) is 5.91 Å². The Morgan fingerprint density at radius 3 is 2.67 bits per heavy atom. The van der Waals surface area contributed by atoms with Crippen LogP contribution in [0.4, 0.5) is 0 Å². The summed E-state index contributed by atoms with van der Waals surface area (Å²) in [5.41, 5.74) is 1.08. The van der Waals surface area contributed by atoms with E-state index in [4.69, 9.17) is 0 Å². The van der Waals surface area contributed by atoms with Gasteiger partial charge >= 0.3 is 0 Å². The van der Waals surface area contributed by atoms with Crippen molar-refractivity contribution in [3.63, 3.8) is 0 Å². The van der Waals surface area contributed by atoms with Crippen molar-refractivity contribution in [1.82, 2.24) is 10.2 Å². The minimum absolute atomic E-state index is 0.236. The van der Waals surface area contributed by atoms with Crippen LogP contribution in [0, 0.1) is 5.92 Å². The highest BCUT2D eigenvalue weighted by atomic mass is 79.9. The zero-order valence-electron chi connectivity index (χ0n) is 12.9. The van der Waals surface area contributed by atoms with Crippen LogP contribution in [0.3, 0.4) is 0 Å². The molecule has 0 aliphatic carbocycles. The molecule has 0 aromatic heterocycles. The van der Waals surface area contributed by atoms with E-state index in [1.54, 1.807) is 0 Å². The molecule has 0 radical (unpaired) electrons. The van der Waals surface area contributed by atoms with E-state index in [1.165, 1.54) is 12.8 Å². The van der Waals surface area contributed by atoms with Gasteiger partial charge < -0.3 is 10.2 Å². The predicted molar refractivity (Wildman–Crippen MR) is 90.3 cm³/mol. The maximum absolute atomic E-state index is 12.6. The summed E-state index contributed by atoms with van der Waals surface area (Å²) in [6, 6.07) is 8.49. The minimum Gasteiger partial charge on any atom is -0.341 e. The van der Waals surface area contributed by atoms with Crippen LogP contribution in [0.25, 0.3) is 0 Å². The Bertz CT molecular complexity index is 452. The predicted octanol–water partition coefficient (Wildman–Crippen LogP) is 3.23. The molecule has 1 amide bonds. The van der Waals surface area contributed by atoms with Crippen LogP contribution in [-0.4, -0.2) is 36.5 Å². The number of carbonyl (C=O) groups is 1. The molecule has 0 spiro atoms. The molecule has 1 aliphatic heterocycles. The molecule has 21 heavy (non-hydrogen) atoms. The van der Waals surface area contributed by atoms with Gasteiger partial charge in [0.1, 0.15) is 0 Å². The lowest BCUT2D eigenvalue weighted by atomic mass is 10.1. The van der Waals surface area contributed by atoms with E-state index in [0.29, 0.717) is 18.4 Å². The van der Waals surface area contributed by atoms with Gasteiger partial charge in [-0.2, -0.15) is 0 Å². The van der Waals surface area contributed by atoms with Gasteiger partial charge in [0.15, 0.2) is 0 Å². The van der Waals surface area contributed by atoms with Gasteiger partial charge in [0.05, 0.1) is 6.42 Å². The molecule has 116 valence electrons. The van der Waals surface area contributed by atoms with Crippen LogP contribution in [0.5, 0.6) is 0 Å². The van der Waals surface area contributed by atoms with E-state index < -0.39 is 0 Å². The van der Waals surface area contributed by atoms with E-state index in [2.05, 4.69) is 35.1 Å². The first-order valence-corrected chi connectivity index (χ1v) is 8.59. The van der Waals surface area contributed by atoms with Crippen LogP contribution in [0.15, 0.2) is 28.7 Å². The Balaban J connectivity index is 1.97. The number of hydrogen-bond acceptors (Lipinski definition) is 2. The maximum Gasteiger partial charge on any atom is 0.227 e. The van der Waals surface area contributed by atoms with Gasteiger partial charge in [-0.25, -0.2) is 0 Å². The summed E-state index contributed by atoms with van der Waals surface area (Å²) in [5.74, 6) is 0.736. The van der Waals surface area contributed by atoms with E-state index in [1.807, 2.05) is 29.2 Å². The fourth-order valence-electron chi connectivity index (χ4n) is 2.79. The Morgan fingerprint density at radius 2 is 2.10 bits per heavy atom. The molecule has 1 aliphatic rings. The van der Waals surface area contributed by atoms with Crippen molar-refractivity contribution in [2.24, 2.45) is 5.92 Å². The fourth-order valence-corrected chi connectivity index (χ4v) is 3.05. The smallest absolute Gasteiger partial charge is 0.227 e. The number of benzene rings is 1. The number of halogens is 1. The molecule has 1 heterocycles. The van der Waals surface area contributed by atoms with Gasteiger partial charge in [-0.1, -0.05) is 41.9 Å². The summed E-state index contributed by atoms with van der Waals surface area (Å²) in [6.45, 7) is 7.10. The minimum atomic E-state index is 0.236. The molecule has 2 rings (SSSR count). The molecule has 1 atom stereocenters. The molecule has 3 nitrogen and oxygen atoms in total. The normalized spacial score (nSPS) is 18.2. The lowest BCUT2D eigenvalue weighted by Crippen LogP contribution is -2.43. The average Bonchev–Trinajstić information content (AvgIpc) is 2.93. The van der Waals surface area contributed by atoms with Crippen LogP contribution in [0.2, 0.25) is 0 Å². The zero-order chi connectivity index (χ0) is 15.2. The number of carbonyl (C=O) groups excluding carboxylic acids is 1. The van der Waals surface area contributed by atoms with Gasteiger partial charge in [-0.05, 0) is 43.0 Å². The number of rotatable bonds is 6. The van der Waals surface area contributed by atoms with Crippen molar-refractivity contribution in [3.8, 4) is 0 Å². The van der Waals surface area contributed by atoms with Gasteiger partial charge in [0.25, 0.3) is 0 Å². The number of nitrogens with zero attached hydrogens (tertiary/aromatic N) is 1. The third-order valence-corrected chi connectivity index (χ3v) is 4.34. The van der Waals surface area contributed by atoms with Crippen LogP contribution in [0.1, 0.15) is 32.3 Å². The quantitative estimate of drug-likeness (QED) is 0.852.